The maximum atomic E-state index is 13.1. The largest absolute Gasteiger partial charge is 0.457 e. The Kier molecular flexibility index (Phi) is 5.82. The fourth-order valence-corrected chi connectivity index (χ4v) is 3.27. The Bertz CT molecular complexity index is 1140. The SMILES string of the molecule is Cn1ccnc1[C@@H](NC(=O)c1cccc(Oc2ccccc2)c1)c1ccc(Cl)cc1. The van der Waals surface area contributed by atoms with Crippen LogP contribution in [0.3, 0.4) is 0 Å². The molecule has 1 N–H and O–H groups in total. The van der Waals surface area contributed by atoms with E-state index in [1.807, 2.05) is 66.3 Å². The number of halogens is 1. The van der Waals surface area contributed by atoms with E-state index in [1.165, 1.54) is 0 Å². The molecule has 4 rings (SSSR count). The first kappa shape index (κ1) is 19.7. The second-order valence-corrected chi connectivity index (χ2v) is 7.23. The Morgan fingerprint density at radius 3 is 2.43 bits per heavy atom. The summed E-state index contributed by atoms with van der Waals surface area (Å²) in [6.07, 6.45) is 3.55. The van der Waals surface area contributed by atoms with Crippen molar-refractivity contribution in [1.82, 2.24) is 14.9 Å². The Morgan fingerprint density at radius 1 is 1.00 bits per heavy atom. The third-order valence-electron chi connectivity index (χ3n) is 4.67. The summed E-state index contributed by atoms with van der Waals surface area (Å²) in [5.74, 6) is 1.80. The standard InChI is InChI=1S/C24H20ClN3O2/c1-28-15-14-26-23(28)22(17-10-12-19(25)13-11-17)27-24(29)18-6-5-9-21(16-18)30-20-7-3-2-4-8-20/h2-16,22H,1H3,(H,27,29)/t22-/m0/s1. The molecule has 0 aliphatic heterocycles. The van der Waals surface area contributed by atoms with E-state index in [2.05, 4.69) is 10.3 Å². The van der Waals surface area contributed by atoms with Crippen molar-refractivity contribution < 1.29 is 9.53 Å². The van der Waals surface area contributed by atoms with Crippen molar-refractivity contribution in [2.45, 2.75) is 6.04 Å². The van der Waals surface area contributed by atoms with Gasteiger partial charge in [-0.2, -0.15) is 0 Å². The highest BCUT2D eigenvalue weighted by molar-refractivity contribution is 6.30. The van der Waals surface area contributed by atoms with Gasteiger partial charge in [0, 0.05) is 30.0 Å². The van der Waals surface area contributed by atoms with Crippen LogP contribution in [0.1, 0.15) is 27.8 Å². The number of benzene rings is 3. The van der Waals surface area contributed by atoms with Gasteiger partial charge in [-0.3, -0.25) is 4.79 Å². The van der Waals surface area contributed by atoms with Gasteiger partial charge in [0.2, 0.25) is 0 Å². The summed E-state index contributed by atoms with van der Waals surface area (Å²) in [5, 5.41) is 3.72. The summed E-state index contributed by atoms with van der Waals surface area (Å²) in [4.78, 5) is 17.5. The molecule has 0 spiro atoms. The number of rotatable bonds is 6. The van der Waals surface area contributed by atoms with Crippen LogP contribution in [0.4, 0.5) is 0 Å². The van der Waals surface area contributed by atoms with Crippen molar-refractivity contribution in [3.63, 3.8) is 0 Å². The highest BCUT2D eigenvalue weighted by Gasteiger charge is 2.21. The molecular formula is C24H20ClN3O2. The van der Waals surface area contributed by atoms with Gasteiger partial charge in [-0.1, -0.05) is 48.0 Å². The van der Waals surface area contributed by atoms with Crippen molar-refractivity contribution in [2.24, 2.45) is 7.05 Å². The monoisotopic (exact) mass is 417 g/mol. The van der Waals surface area contributed by atoms with Crippen LogP contribution in [0.2, 0.25) is 5.02 Å². The van der Waals surface area contributed by atoms with Crippen molar-refractivity contribution in [3.8, 4) is 11.5 Å². The highest BCUT2D eigenvalue weighted by atomic mass is 35.5. The van der Waals surface area contributed by atoms with Crippen LogP contribution in [0.15, 0.2) is 91.3 Å². The van der Waals surface area contributed by atoms with E-state index < -0.39 is 6.04 Å². The summed E-state index contributed by atoms with van der Waals surface area (Å²) < 4.78 is 7.74. The van der Waals surface area contributed by atoms with Crippen molar-refractivity contribution in [1.29, 1.82) is 0 Å². The average molecular weight is 418 g/mol. The predicted molar refractivity (Wildman–Crippen MR) is 117 cm³/mol. The molecule has 1 atom stereocenters. The molecule has 150 valence electrons. The lowest BCUT2D eigenvalue weighted by molar-refractivity contribution is 0.0941. The van der Waals surface area contributed by atoms with E-state index in [-0.39, 0.29) is 5.91 Å². The van der Waals surface area contributed by atoms with E-state index >= 15 is 0 Å². The minimum Gasteiger partial charge on any atom is -0.457 e. The fraction of sp³-hybridized carbons (Fsp3) is 0.0833. The molecule has 5 nitrogen and oxygen atoms in total. The Morgan fingerprint density at radius 2 is 1.73 bits per heavy atom. The second-order valence-electron chi connectivity index (χ2n) is 6.80. The lowest BCUT2D eigenvalue weighted by Crippen LogP contribution is -2.31. The Hall–Kier alpha value is -3.57. The number of nitrogens with zero attached hydrogens (tertiary/aromatic N) is 2. The smallest absolute Gasteiger partial charge is 0.252 e. The molecule has 1 amide bonds. The number of hydrogen-bond donors (Lipinski definition) is 1. The number of imidazole rings is 1. The number of carbonyl (C=O) groups excluding carboxylic acids is 1. The number of ether oxygens (including phenoxy) is 1. The number of nitrogens with one attached hydrogen (secondary N) is 1. The highest BCUT2D eigenvalue weighted by Crippen LogP contribution is 2.25. The van der Waals surface area contributed by atoms with E-state index in [1.54, 1.807) is 36.5 Å². The summed E-state index contributed by atoms with van der Waals surface area (Å²) in [5.41, 5.74) is 1.38. The van der Waals surface area contributed by atoms with Gasteiger partial charge in [0.05, 0.1) is 0 Å². The van der Waals surface area contributed by atoms with Crippen LogP contribution >= 0.6 is 11.6 Å². The van der Waals surface area contributed by atoms with E-state index in [9.17, 15) is 4.79 Å². The zero-order valence-corrected chi connectivity index (χ0v) is 17.1. The lowest BCUT2D eigenvalue weighted by Gasteiger charge is -2.19. The van der Waals surface area contributed by atoms with Crippen LogP contribution in [-0.2, 0) is 7.05 Å². The molecule has 0 saturated carbocycles. The van der Waals surface area contributed by atoms with Gasteiger partial charge in [0.25, 0.3) is 5.91 Å². The number of aromatic nitrogens is 2. The molecule has 0 unspecified atom stereocenters. The minimum absolute atomic E-state index is 0.225. The summed E-state index contributed by atoms with van der Waals surface area (Å²) >= 11 is 6.04. The minimum atomic E-state index is -0.423. The van der Waals surface area contributed by atoms with Crippen molar-refractivity contribution >= 4 is 17.5 Å². The second kappa shape index (κ2) is 8.84. The topological polar surface area (TPSA) is 56.2 Å². The van der Waals surface area contributed by atoms with Crippen LogP contribution in [-0.4, -0.2) is 15.5 Å². The predicted octanol–water partition coefficient (Wildman–Crippen LogP) is 5.39. The lowest BCUT2D eigenvalue weighted by atomic mass is 10.1. The van der Waals surface area contributed by atoms with Crippen molar-refractivity contribution in [3.05, 3.63) is 113 Å². The third-order valence-corrected chi connectivity index (χ3v) is 4.92. The van der Waals surface area contributed by atoms with Gasteiger partial charge in [0.1, 0.15) is 23.4 Å². The molecule has 1 heterocycles. The molecule has 0 fully saturated rings. The number of carbonyl (C=O) groups is 1. The molecule has 0 saturated heterocycles. The van der Waals surface area contributed by atoms with Crippen LogP contribution < -0.4 is 10.1 Å². The Balaban J connectivity index is 1.59. The maximum absolute atomic E-state index is 13.1. The first-order valence-electron chi connectivity index (χ1n) is 9.46. The van der Waals surface area contributed by atoms with E-state index in [0.29, 0.717) is 22.1 Å². The molecule has 0 bridgehead atoms. The van der Waals surface area contributed by atoms with Gasteiger partial charge in [-0.05, 0) is 48.0 Å². The average Bonchev–Trinajstić information content (AvgIpc) is 3.19. The normalized spacial score (nSPS) is 11.7. The summed E-state index contributed by atoms with van der Waals surface area (Å²) in [7, 11) is 1.89. The molecule has 30 heavy (non-hydrogen) atoms. The van der Waals surface area contributed by atoms with E-state index in [0.717, 1.165) is 11.4 Å². The van der Waals surface area contributed by atoms with Crippen molar-refractivity contribution in [2.75, 3.05) is 0 Å². The first-order chi connectivity index (χ1) is 14.6. The fourth-order valence-electron chi connectivity index (χ4n) is 3.15. The number of aryl methyl sites for hydroxylation is 1. The molecule has 4 aromatic rings. The maximum Gasteiger partial charge on any atom is 0.252 e. The zero-order chi connectivity index (χ0) is 20.9. The van der Waals surface area contributed by atoms with Crippen LogP contribution in [0.5, 0.6) is 11.5 Å². The summed E-state index contributed by atoms with van der Waals surface area (Å²) in [6, 6.07) is 23.5. The van der Waals surface area contributed by atoms with Crippen LogP contribution in [0, 0.1) is 0 Å². The third kappa shape index (κ3) is 4.53. The molecule has 0 aliphatic rings. The molecule has 3 aromatic carbocycles. The summed E-state index contributed by atoms with van der Waals surface area (Å²) in [6.45, 7) is 0. The van der Waals surface area contributed by atoms with Gasteiger partial charge >= 0.3 is 0 Å². The molecule has 0 radical (unpaired) electrons. The number of para-hydroxylation sites is 1. The van der Waals surface area contributed by atoms with Gasteiger partial charge in [-0.25, -0.2) is 4.98 Å². The van der Waals surface area contributed by atoms with E-state index in [4.69, 9.17) is 16.3 Å². The number of hydrogen-bond acceptors (Lipinski definition) is 3. The molecular weight excluding hydrogens is 398 g/mol. The van der Waals surface area contributed by atoms with Gasteiger partial charge in [0.15, 0.2) is 0 Å². The van der Waals surface area contributed by atoms with Gasteiger partial charge in [-0.15, -0.1) is 0 Å². The molecule has 0 aliphatic carbocycles. The molecule has 6 heteroatoms. The zero-order valence-electron chi connectivity index (χ0n) is 16.3. The quantitative estimate of drug-likeness (QED) is 0.458. The first-order valence-corrected chi connectivity index (χ1v) is 9.84. The Labute approximate surface area is 179 Å². The number of amides is 1. The van der Waals surface area contributed by atoms with Gasteiger partial charge < -0.3 is 14.6 Å². The van der Waals surface area contributed by atoms with Crippen LogP contribution in [0.25, 0.3) is 0 Å². The molecule has 1 aromatic heterocycles.